The van der Waals surface area contributed by atoms with Gasteiger partial charge in [0.05, 0.1) is 6.10 Å². The third-order valence-corrected chi connectivity index (χ3v) is 5.53. The average molecular weight is 433 g/mol. The number of aliphatic hydroxyl groups excluding tert-OH is 1. The number of hydrogen-bond donors (Lipinski definition) is 1. The van der Waals surface area contributed by atoms with Gasteiger partial charge in [-0.05, 0) is 52.0 Å². The zero-order valence-corrected chi connectivity index (χ0v) is 20.8. The molecule has 0 aliphatic heterocycles. The molecule has 0 spiro atoms. The van der Waals surface area contributed by atoms with Gasteiger partial charge in [-0.1, -0.05) is 115 Å². The first-order valence-electron chi connectivity index (χ1n) is 11.3. The van der Waals surface area contributed by atoms with Gasteiger partial charge in [-0.25, -0.2) is 0 Å². The Morgan fingerprint density at radius 3 is 1.81 bits per heavy atom. The van der Waals surface area contributed by atoms with Crippen molar-refractivity contribution >= 4 is 6.29 Å². The summed E-state index contributed by atoms with van der Waals surface area (Å²) < 4.78 is 0. The summed E-state index contributed by atoms with van der Waals surface area (Å²) in [6, 6.07) is 0. The van der Waals surface area contributed by atoms with Crippen molar-refractivity contribution in [1.82, 2.24) is 0 Å². The SMILES string of the molecule is CC(C=O)=CC=CC(C)=CC=CC=C(C)C=CC=C(C)C=CC1C(C)=CC(O)CC1(C)C. The van der Waals surface area contributed by atoms with Crippen LogP contribution in [0.2, 0.25) is 0 Å². The summed E-state index contributed by atoms with van der Waals surface area (Å²) in [5.74, 6) is 0.349. The van der Waals surface area contributed by atoms with Crippen molar-refractivity contribution in [2.75, 3.05) is 0 Å². The predicted octanol–water partition coefficient (Wildman–Crippen LogP) is 7.55. The van der Waals surface area contributed by atoms with E-state index in [2.05, 4.69) is 71.1 Å². The normalized spacial score (nSPS) is 23.7. The van der Waals surface area contributed by atoms with Crippen LogP contribution < -0.4 is 0 Å². The molecule has 2 unspecified atom stereocenters. The minimum atomic E-state index is -0.330. The third kappa shape index (κ3) is 10.5. The fraction of sp³-hybridized carbons (Fsp3) is 0.367. The standard InChI is InChI=1S/C30H40O2/c1-23(12-8-9-13-24(2)15-11-17-26(4)22-31)14-10-16-25(3)18-19-29-27(5)20-28(32)21-30(29,6)7/h8-20,22,28-29,32H,21H2,1-7H3. The molecule has 0 aromatic heterocycles. The van der Waals surface area contributed by atoms with E-state index in [1.54, 1.807) is 13.0 Å². The van der Waals surface area contributed by atoms with Crippen LogP contribution in [0, 0.1) is 11.3 Å². The minimum Gasteiger partial charge on any atom is -0.389 e. The van der Waals surface area contributed by atoms with Gasteiger partial charge in [0, 0.05) is 5.92 Å². The maximum atomic E-state index is 10.6. The highest BCUT2D eigenvalue weighted by molar-refractivity contribution is 5.72. The van der Waals surface area contributed by atoms with Gasteiger partial charge in [0.1, 0.15) is 6.29 Å². The highest BCUT2D eigenvalue weighted by atomic mass is 16.3. The summed E-state index contributed by atoms with van der Waals surface area (Å²) >= 11 is 0. The molecule has 2 nitrogen and oxygen atoms in total. The molecule has 0 aromatic carbocycles. The van der Waals surface area contributed by atoms with Gasteiger partial charge in [0.15, 0.2) is 0 Å². The van der Waals surface area contributed by atoms with E-state index in [0.717, 1.165) is 18.3 Å². The molecule has 0 fully saturated rings. The summed E-state index contributed by atoms with van der Waals surface area (Å²) in [6.45, 7) is 14.5. The van der Waals surface area contributed by atoms with Gasteiger partial charge in [-0.3, -0.25) is 4.79 Å². The van der Waals surface area contributed by atoms with Crippen LogP contribution in [0.15, 0.2) is 107 Å². The van der Waals surface area contributed by atoms with Gasteiger partial charge in [0.25, 0.3) is 0 Å². The monoisotopic (exact) mass is 432 g/mol. The Bertz CT molecular complexity index is 908. The van der Waals surface area contributed by atoms with Crippen molar-refractivity contribution in [2.45, 2.75) is 61.0 Å². The predicted molar refractivity (Wildman–Crippen MR) is 139 cm³/mol. The number of hydrogen-bond acceptors (Lipinski definition) is 2. The Kier molecular flexibility index (Phi) is 11.7. The van der Waals surface area contributed by atoms with Crippen LogP contribution in [0.1, 0.15) is 54.9 Å². The van der Waals surface area contributed by atoms with E-state index in [4.69, 9.17) is 0 Å². The van der Waals surface area contributed by atoms with Crippen molar-refractivity contribution in [3.05, 3.63) is 107 Å². The van der Waals surface area contributed by atoms with E-state index in [1.807, 2.05) is 43.4 Å². The summed E-state index contributed by atoms with van der Waals surface area (Å²) in [5.41, 5.74) is 5.49. The van der Waals surface area contributed by atoms with Gasteiger partial charge in [-0.2, -0.15) is 0 Å². The second kappa shape index (κ2) is 13.6. The molecule has 2 heteroatoms. The van der Waals surface area contributed by atoms with Crippen LogP contribution in [0.3, 0.4) is 0 Å². The molecule has 1 rings (SSSR count). The van der Waals surface area contributed by atoms with E-state index >= 15 is 0 Å². The topological polar surface area (TPSA) is 37.3 Å². The highest BCUT2D eigenvalue weighted by Gasteiger charge is 2.34. The number of allylic oxidation sites excluding steroid dienone is 17. The third-order valence-electron chi connectivity index (χ3n) is 5.53. The van der Waals surface area contributed by atoms with Crippen LogP contribution in [-0.4, -0.2) is 17.5 Å². The molecule has 0 heterocycles. The van der Waals surface area contributed by atoms with Gasteiger partial charge < -0.3 is 5.11 Å². The average Bonchev–Trinajstić information content (AvgIpc) is 2.69. The fourth-order valence-corrected chi connectivity index (χ4v) is 3.73. The van der Waals surface area contributed by atoms with Gasteiger partial charge in [-0.15, -0.1) is 0 Å². The molecular weight excluding hydrogens is 392 g/mol. The first kappa shape index (κ1) is 27.3. The van der Waals surface area contributed by atoms with Gasteiger partial charge >= 0.3 is 0 Å². The summed E-state index contributed by atoms with van der Waals surface area (Å²) in [7, 11) is 0. The Morgan fingerprint density at radius 2 is 1.31 bits per heavy atom. The molecular formula is C30H40O2. The van der Waals surface area contributed by atoms with Crippen molar-refractivity contribution in [1.29, 1.82) is 0 Å². The lowest BCUT2D eigenvalue weighted by Crippen LogP contribution is -2.32. The zero-order valence-electron chi connectivity index (χ0n) is 20.8. The molecule has 1 aliphatic carbocycles. The van der Waals surface area contributed by atoms with Gasteiger partial charge in [0.2, 0.25) is 0 Å². The number of rotatable bonds is 9. The van der Waals surface area contributed by atoms with Crippen LogP contribution in [0.5, 0.6) is 0 Å². The molecule has 0 saturated heterocycles. The van der Waals surface area contributed by atoms with Crippen molar-refractivity contribution in [3.8, 4) is 0 Å². The first-order chi connectivity index (χ1) is 15.0. The van der Waals surface area contributed by atoms with Crippen molar-refractivity contribution < 1.29 is 9.90 Å². The number of carbonyl (C=O) groups is 1. The van der Waals surface area contributed by atoms with Crippen LogP contribution >= 0.6 is 0 Å². The fourth-order valence-electron chi connectivity index (χ4n) is 3.73. The van der Waals surface area contributed by atoms with Crippen molar-refractivity contribution in [2.24, 2.45) is 11.3 Å². The maximum absolute atomic E-state index is 10.6. The van der Waals surface area contributed by atoms with E-state index in [1.165, 1.54) is 16.7 Å². The molecule has 0 aromatic rings. The summed E-state index contributed by atoms with van der Waals surface area (Å²) in [5, 5.41) is 9.99. The lowest BCUT2D eigenvalue weighted by Gasteiger charge is -2.38. The molecule has 1 aliphatic rings. The Hall–Kier alpha value is -2.71. The number of carbonyl (C=O) groups excluding carboxylic acids is 1. The Labute approximate surface area is 195 Å². The zero-order chi connectivity index (χ0) is 24.1. The number of aliphatic hydroxyl groups is 1. The molecule has 2 atom stereocenters. The van der Waals surface area contributed by atoms with E-state index in [9.17, 15) is 9.90 Å². The van der Waals surface area contributed by atoms with Crippen LogP contribution in [0.25, 0.3) is 0 Å². The Morgan fingerprint density at radius 1 is 0.844 bits per heavy atom. The van der Waals surface area contributed by atoms with E-state index in [-0.39, 0.29) is 11.5 Å². The Balaban J connectivity index is 2.66. The van der Waals surface area contributed by atoms with E-state index < -0.39 is 0 Å². The maximum Gasteiger partial charge on any atom is 0.145 e. The largest absolute Gasteiger partial charge is 0.389 e. The first-order valence-corrected chi connectivity index (χ1v) is 11.3. The summed E-state index contributed by atoms with van der Waals surface area (Å²) in [6.07, 6.45) is 27.8. The molecule has 0 radical (unpaired) electrons. The summed E-state index contributed by atoms with van der Waals surface area (Å²) in [4.78, 5) is 10.6. The quantitative estimate of drug-likeness (QED) is 0.177. The second-order valence-corrected chi connectivity index (χ2v) is 9.37. The second-order valence-electron chi connectivity index (χ2n) is 9.37. The molecule has 172 valence electrons. The highest BCUT2D eigenvalue weighted by Crippen LogP contribution is 2.41. The van der Waals surface area contributed by atoms with Crippen LogP contribution in [0.4, 0.5) is 0 Å². The van der Waals surface area contributed by atoms with E-state index in [0.29, 0.717) is 11.5 Å². The lowest BCUT2D eigenvalue weighted by molar-refractivity contribution is -0.104. The smallest absolute Gasteiger partial charge is 0.145 e. The molecule has 1 N–H and O–H groups in total. The number of aldehydes is 1. The van der Waals surface area contributed by atoms with Crippen molar-refractivity contribution in [3.63, 3.8) is 0 Å². The molecule has 0 amide bonds. The minimum absolute atomic E-state index is 0.0598. The molecule has 32 heavy (non-hydrogen) atoms. The molecule has 0 bridgehead atoms. The molecule has 0 saturated carbocycles. The lowest BCUT2D eigenvalue weighted by atomic mass is 9.67. The van der Waals surface area contributed by atoms with Crippen LogP contribution in [-0.2, 0) is 4.79 Å².